The largest absolute Gasteiger partial charge is 0.391 e. The summed E-state index contributed by atoms with van der Waals surface area (Å²) in [5, 5.41) is 30.3. The average molecular weight is 432 g/mol. The van der Waals surface area contributed by atoms with Gasteiger partial charge in [0, 0.05) is 32.5 Å². The topological polar surface area (TPSA) is 127 Å². The summed E-state index contributed by atoms with van der Waals surface area (Å²) in [5.41, 5.74) is 0.287. The van der Waals surface area contributed by atoms with Gasteiger partial charge in [0.25, 0.3) is 0 Å². The maximum Gasteiger partial charge on any atom is 0.248 e. The predicted molar refractivity (Wildman–Crippen MR) is 112 cm³/mol. The van der Waals surface area contributed by atoms with Gasteiger partial charge in [0.05, 0.1) is 24.1 Å². The Hall–Kier alpha value is -2.51. The number of likely N-dealkylation sites (tertiary alicyclic amines) is 2. The van der Waals surface area contributed by atoms with Crippen LogP contribution in [0.3, 0.4) is 0 Å². The van der Waals surface area contributed by atoms with Crippen LogP contribution in [0.4, 0.5) is 0 Å². The number of rotatable bonds is 5. The lowest BCUT2D eigenvalue weighted by Crippen LogP contribution is -2.49. The van der Waals surface area contributed by atoms with E-state index in [1.807, 2.05) is 20.8 Å². The Bertz CT molecular complexity index is 833. The fraction of sp³-hybridized carbons (Fsp3) is 0.762. The smallest absolute Gasteiger partial charge is 0.248 e. The number of carbonyl (C=O) groups is 2. The minimum Gasteiger partial charge on any atom is -0.391 e. The third kappa shape index (κ3) is 5.22. The minimum atomic E-state index is -0.727. The number of amides is 2. The van der Waals surface area contributed by atoms with E-state index >= 15 is 0 Å². The second-order valence-corrected chi connectivity index (χ2v) is 9.65. The number of hydrogen-bond donors (Lipinski definition) is 2. The van der Waals surface area contributed by atoms with Crippen LogP contribution in [0.15, 0.2) is 6.20 Å². The van der Waals surface area contributed by atoms with Crippen molar-refractivity contribution in [3.8, 4) is 6.07 Å². The summed E-state index contributed by atoms with van der Waals surface area (Å²) < 4.78 is 1.59. The quantitative estimate of drug-likeness (QED) is 0.687. The summed E-state index contributed by atoms with van der Waals surface area (Å²) in [6.07, 6.45) is 3.00. The first-order chi connectivity index (χ1) is 14.6. The van der Waals surface area contributed by atoms with E-state index in [1.165, 1.54) is 11.9 Å². The van der Waals surface area contributed by atoms with Crippen molar-refractivity contribution < 1.29 is 14.7 Å². The number of nitrogens with one attached hydrogen (secondary N) is 1. The van der Waals surface area contributed by atoms with Crippen molar-refractivity contribution in [3.63, 3.8) is 0 Å². The third-order valence-electron chi connectivity index (χ3n) is 6.14. The molecule has 0 radical (unpaired) electrons. The van der Waals surface area contributed by atoms with Crippen LogP contribution in [0.1, 0.15) is 51.8 Å². The molecule has 2 amide bonds. The maximum absolute atomic E-state index is 13.5. The van der Waals surface area contributed by atoms with Crippen molar-refractivity contribution in [2.24, 2.45) is 11.3 Å². The normalized spacial score (nSPS) is 24.1. The summed E-state index contributed by atoms with van der Waals surface area (Å²) in [6, 6.07) is 0.985. The summed E-state index contributed by atoms with van der Waals surface area (Å²) in [6.45, 7) is 8.27. The molecule has 31 heavy (non-hydrogen) atoms. The lowest BCUT2D eigenvalue weighted by molar-refractivity contribution is -0.144. The van der Waals surface area contributed by atoms with Gasteiger partial charge >= 0.3 is 0 Å². The molecule has 2 aliphatic rings. The average Bonchev–Trinajstić information content (AvgIpc) is 3.33. The van der Waals surface area contributed by atoms with Crippen LogP contribution in [-0.2, 0) is 16.1 Å². The Morgan fingerprint density at radius 2 is 2.03 bits per heavy atom. The van der Waals surface area contributed by atoms with Gasteiger partial charge in [-0.25, -0.2) is 4.68 Å². The standard InChI is InChI=1S/C21H33N7O3/c1-21(2,3)18(20(31)27-13-16(29)9-17(27)19(30)23-4)28-12-15(24-25-28)11-26-7-5-14(10-22)6-8-26/h12,14,16-18,29H,5-9,11,13H2,1-4H3,(H,23,30)/t16?,17-,18?/m1/s1. The maximum atomic E-state index is 13.5. The molecule has 2 saturated heterocycles. The molecule has 170 valence electrons. The number of aliphatic hydroxyl groups is 1. The molecule has 3 atom stereocenters. The molecule has 2 unspecified atom stereocenters. The number of β-amino-alcohol motifs (C(OH)–C–C–N with tert-alkyl or cyclic N) is 1. The van der Waals surface area contributed by atoms with E-state index in [0.29, 0.717) is 6.54 Å². The molecule has 3 rings (SSSR count). The molecule has 3 heterocycles. The van der Waals surface area contributed by atoms with Crippen molar-refractivity contribution >= 4 is 11.8 Å². The fourth-order valence-corrected chi connectivity index (χ4v) is 4.47. The molecule has 2 aliphatic heterocycles. The van der Waals surface area contributed by atoms with Crippen molar-refractivity contribution in [1.29, 1.82) is 5.26 Å². The van der Waals surface area contributed by atoms with Crippen LogP contribution >= 0.6 is 0 Å². The summed E-state index contributed by atoms with van der Waals surface area (Å²) in [7, 11) is 1.53. The van der Waals surface area contributed by atoms with Crippen LogP contribution in [0.5, 0.6) is 0 Å². The number of hydrogen-bond acceptors (Lipinski definition) is 7. The van der Waals surface area contributed by atoms with Crippen molar-refractivity contribution in [1.82, 2.24) is 30.1 Å². The summed E-state index contributed by atoms with van der Waals surface area (Å²) >= 11 is 0. The van der Waals surface area contributed by atoms with Gasteiger partial charge in [-0.15, -0.1) is 5.10 Å². The molecule has 1 aromatic heterocycles. The van der Waals surface area contributed by atoms with Crippen molar-refractivity contribution in [2.75, 3.05) is 26.7 Å². The molecule has 10 heteroatoms. The summed E-state index contributed by atoms with van der Waals surface area (Å²) in [5.74, 6) is -0.402. The molecule has 0 spiro atoms. The van der Waals surface area contributed by atoms with E-state index in [0.717, 1.165) is 31.6 Å². The monoisotopic (exact) mass is 431 g/mol. The number of aliphatic hydroxyl groups excluding tert-OH is 1. The van der Waals surface area contributed by atoms with Gasteiger partial charge in [0.1, 0.15) is 12.1 Å². The van der Waals surface area contributed by atoms with E-state index in [1.54, 1.807) is 10.9 Å². The van der Waals surface area contributed by atoms with Gasteiger partial charge in [-0.05, 0) is 31.3 Å². The van der Waals surface area contributed by atoms with E-state index < -0.39 is 23.6 Å². The third-order valence-corrected chi connectivity index (χ3v) is 6.14. The first-order valence-corrected chi connectivity index (χ1v) is 10.9. The number of nitrogens with zero attached hydrogens (tertiary/aromatic N) is 6. The number of carbonyl (C=O) groups excluding carboxylic acids is 2. The number of piperidine rings is 1. The Balaban J connectivity index is 1.77. The molecule has 1 aromatic rings. The predicted octanol–water partition coefficient (Wildman–Crippen LogP) is 0.309. The van der Waals surface area contributed by atoms with Crippen LogP contribution in [0.25, 0.3) is 0 Å². The van der Waals surface area contributed by atoms with E-state index in [4.69, 9.17) is 5.26 Å². The fourth-order valence-electron chi connectivity index (χ4n) is 4.47. The zero-order chi connectivity index (χ0) is 22.8. The molecule has 0 saturated carbocycles. The minimum absolute atomic E-state index is 0.124. The van der Waals surface area contributed by atoms with Gasteiger partial charge in [-0.2, -0.15) is 5.26 Å². The highest BCUT2D eigenvalue weighted by atomic mass is 16.3. The van der Waals surface area contributed by atoms with Gasteiger partial charge in [-0.3, -0.25) is 14.5 Å². The second kappa shape index (κ2) is 9.32. The van der Waals surface area contributed by atoms with Gasteiger partial charge < -0.3 is 15.3 Å². The van der Waals surface area contributed by atoms with E-state index in [9.17, 15) is 14.7 Å². The van der Waals surface area contributed by atoms with Crippen LogP contribution in [0.2, 0.25) is 0 Å². The number of aromatic nitrogens is 3. The Morgan fingerprint density at radius 3 is 2.61 bits per heavy atom. The van der Waals surface area contributed by atoms with Crippen molar-refractivity contribution in [2.45, 2.75) is 64.8 Å². The van der Waals surface area contributed by atoms with Crippen LogP contribution < -0.4 is 5.32 Å². The van der Waals surface area contributed by atoms with Gasteiger partial charge in [-0.1, -0.05) is 26.0 Å². The molecule has 0 aliphatic carbocycles. The Morgan fingerprint density at radius 1 is 1.35 bits per heavy atom. The highest BCUT2D eigenvalue weighted by molar-refractivity contribution is 5.90. The molecule has 0 aromatic carbocycles. The highest BCUT2D eigenvalue weighted by Crippen LogP contribution is 2.34. The zero-order valence-electron chi connectivity index (χ0n) is 18.8. The van der Waals surface area contributed by atoms with Crippen LogP contribution in [0, 0.1) is 22.7 Å². The van der Waals surface area contributed by atoms with E-state index in [2.05, 4.69) is 26.6 Å². The summed E-state index contributed by atoms with van der Waals surface area (Å²) in [4.78, 5) is 29.5. The number of nitriles is 1. The first-order valence-electron chi connectivity index (χ1n) is 10.9. The first kappa shape index (κ1) is 23.2. The zero-order valence-corrected chi connectivity index (χ0v) is 18.8. The SMILES string of the molecule is CNC(=O)[C@H]1CC(O)CN1C(=O)C(n1cc(CN2CCC(C#N)CC2)nn1)C(C)(C)C. The number of likely N-dealkylation sites (N-methyl/N-ethyl adjacent to an activating group) is 1. The second-order valence-electron chi connectivity index (χ2n) is 9.65. The van der Waals surface area contributed by atoms with Crippen LogP contribution in [-0.4, -0.2) is 80.5 Å². The molecule has 2 N–H and O–H groups in total. The Labute approximate surface area is 183 Å². The van der Waals surface area contributed by atoms with Crippen molar-refractivity contribution in [3.05, 3.63) is 11.9 Å². The Kier molecular flexibility index (Phi) is 6.96. The van der Waals surface area contributed by atoms with Gasteiger partial charge in [0.15, 0.2) is 0 Å². The van der Waals surface area contributed by atoms with Gasteiger partial charge in [0.2, 0.25) is 11.8 Å². The molecular formula is C21H33N7O3. The molecular weight excluding hydrogens is 398 g/mol. The molecule has 10 nitrogen and oxygen atoms in total. The molecule has 2 fully saturated rings. The van der Waals surface area contributed by atoms with E-state index in [-0.39, 0.29) is 30.7 Å². The lowest BCUT2D eigenvalue weighted by Gasteiger charge is -2.34. The lowest BCUT2D eigenvalue weighted by atomic mass is 9.85. The highest BCUT2D eigenvalue weighted by Gasteiger charge is 2.45. The molecule has 0 bridgehead atoms.